The zero-order valence-electron chi connectivity index (χ0n) is 15.6. The lowest BCUT2D eigenvalue weighted by Gasteiger charge is -2.17. The van der Waals surface area contributed by atoms with Crippen LogP contribution in [0.5, 0.6) is 0 Å². The second kappa shape index (κ2) is 6.83. The fourth-order valence-corrected chi connectivity index (χ4v) is 4.77. The number of anilines is 2. The lowest BCUT2D eigenvalue weighted by atomic mass is 10.1. The number of amides is 1. The van der Waals surface area contributed by atoms with Gasteiger partial charge in [0.05, 0.1) is 16.8 Å². The number of nitrogens with zero attached hydrogens (tertiary/aromatic N) is 1. The summed E-state index contributed by atoms with van der Waals surface area (Å²) in [5.41, 5.74) is 3.65. The van der Waals surface area contributed by atoms with Crippen molar-refractivity contribution in [3.63, 3.8) is 0 Å². The van der Waals surface area contributed by atoms with E-state index in [9.17, 15) is 13.2 Å². The minimum Gasteiger partial charge on any atom is -0.459 e. The molecule has 2 heterocycles. The van der Waals surface area contributed by atoms with Gasteiger partial charge in [-0.3, -0.25) is 9.52 Å². The molecule has 0 radical (unpaired) electrons. The van der Waals surface area contributed by atoms with Crippen LogP contribution in [0.1, 0.15) is 27.2 Å². The molecule has 0 fully saturated rings. The van der Waals surface area contributed by atoms with Crippen LogP contribution in [0.15, 0.2) is 64.1 Å². The predicted octanol–water partition coefficient (Wildman–Crippen LogP) is 3.90. The number of rotatable bonds is 4. The van der Waals surface area contributed by atoms with Gasteiger partial charge in [-0.1, -0.05) is 18.2 Å². The molecule has 0 saturated heterocycles. The molecule has 1 amide bonds. The van der Waals surface area contributed by atoms with Gasteiger partial charge in [0.2, 0.25) is 0 Å². The first-order valence-electron chi connectivity index (χ1n) is 8.93. The lowest BCUT2D eigenvalue weighted by molar-refractivity contribution is 0.0963. The van der Waals surface area contributed by atoms with E-state index in [4.69, 9.17) is 4.42 Å². The monoisotopic (exact) mass is 396 g/mol. The number of sulfonamides is 1. The van der Waals surface area contributed by atoms with Gasteiger partial charge in [0.15, 0.2) is 5.76 Å². The van der Waals surface area contributed by atoms with Crippen molar-refractivity contribution < 1.29 is 17.6 Å². The Labute approximate surface area is 163 Å². The van der Waals surface area contributed by atoms with Crippen LogP contribution in [0, 0.1) is 13.8 Å². The molecule has 0 saturated carbocycles. The van der Waals surface area contributed by atoms with Crippen LogP contribution in [0.3, 0.4) is 0 Å². The number of hydrogen-bond acceptors (Lipinski definition) is 4. The molecule has 0 aliphatic carbocycles. The highest BCUT2D eigenvalue weighted by Gasteiger charge is 2.28. The fraction of sp³-hybridized carbons (Fsp3) is 0.190. The van der Waals surface area contributed by atoms with Gasteiger partial charge >= 0.3 is 0 Å². The molecular formula is C21H20N2O4S. The Morgan fingerprint density at radius 1 is 1.11 bits per heavy atom. The van der Waals surface area contributed by atoms with Crippen LogP contribution in [0.2, 0.25) is 0 Å². The van der Waals surface area contributed by atoms with Crippen molar-refractivity contribution in [1.82, 2.24) is 0 Å². The number of nitrogens with one attached hydrogen (secondary N) is 1. The van der Waals surface area contributed by atoms with E-state index in [0.717, 1.165) is 11.1 Å². The number of furan rings is 1. The zero-order valence-corrected chi connectivity index (χ0v) is 16.4. The van der Waals surface area contributed by atoms with Gasteiger partial charge in [0.1, 0.15) is 0 Å². The van der Waals surface area contributed by atoms with Crippen LogP contribution < -0.4 is 9.62 Å². The van der Waals surface area contributed by atoms with Crippen molar-refractivity contribution in [2.24, 2.45) is 0 Å². The predicted molar refractivity (Wildman–Crippen MR) is 107 cm³/mol. The Balaban J connectivity index is 1.65. The molecule has 0 unspecified atom stereocenters. The summed E-state index contributed by atoms with van der Waals surface area (Å²) >= 11 is 0. The smallest absolute Gasteiger partial charge is 0.293 e. The lowest BCUT2D eigenvalue weighted by Crippen LogP contribution is -2.28. The van der Waals surface area contributed by atoms with E-state index in [-0.39, 0.29) is 16.6 Å². The highest BCUT2D eigenvalue weighted by atomic mass is 32.2. The molecule has 28 heavy (non-hydrogen) atoms. The van der Waals surface area contributed by atoms with Crippen molar-refractivity contribution in [2.45, 2.75) is 25.2 Å². The van der Waals surface area contributed by atoms with E-state index in [0.29, 0.717) is 29.9 Å². The van der Waals surface area contributed by atoms with Gasteiger partial charge in [-0.25, -0.2) is 8.42 Å². The fourth-order valence-electron chi connectivity index (χ4n) is 3.39. The molecule has 7 heteroatoms. The van der Waals surface area contributed by atoms with Gasteiger partial charge in [-0.2, -0.15) is 0 Å². The number of carbonyl (C=O) groups is 1. The highest BCUT2D eigenvalue weighted by molar-refractivity contribution is 7.92. The third-order valence-electron chi connectivity index (χ3n) is 4.84. The maximum atomic E-state index is 12.9. The number of benzene rings is 2. The Hall–Kier alpha value is -3.06. The van der Waals surface area contributed by atoms with Crippen LogP contribution in [-0.4, -0.2) is 20.9 Å². The van der Waals surface area contributed by atoms with Crippen molar-refractivity contribution >= 4 is 27.3 Å². The third-order valence-corrected chi connectivity index (χ3v) is 6.37. The van der Waals surface area contributed by atoms with Crippen molar-refractivity contribution in [1.29, 1.82) is 0 Å². The quantitative estimate of drug-likeness (QED) is 0.725. The number of aryl methyl sites for hydroxylation is 2. The summed E-state index contributed by atoms with van der Waals surface area (Å²) in [6, 6.07) is 13.9. The van der Waals surface area contributed by atoms with Gasteiger partial charge in [-0.15, -0.1) is 0 Å². The van der Waals surface area contributed by atoms with E-state index in [1.165, 1.54) is 6.26 Å². The van der Waals surface area contributed by atoms with Gasteiger partial charge in [-0.05, 0) is 67.3 Å². The molecule has 0 spiro atoms. The first kappa shape index (κ1) is 18.3. The third kappa shape index (κ3) is 3.29. The first-order chi connectivity index (χ1) is 13.3. The largest absolute Gasteiger partial charge is 0.459 e. The van der Waals surface area contributed by atoms with E-state index in [1.54, 1.807) is 48.2 Å². The first-order valence-corrected chi connectivity index (χ1v) is 10.4. The molecule has 1 aliphatic heterocycles. The topological polar surface area (TPSA) is 79.6 Å². The Bertz CT molecular complexity index is 1150. The van der Waals surface area contributed by atoms with Crippen LogP contribution in [0.4, 0.5) is 11.4 Å². The Kier molecular flexibility index (Phi) is 4.47. The maximum Gasteiger partial charge on any atom is 0.293 e. The summed E-state index contributed by atoms with van der Waals surface area (Å²) in [5, 5.41) is 0. The second-order valence-corrected chi connectivity index (χ2v) is 8.55. The molecule has 1 N–H and O–H groups in total. The molecule has 0 bridgehead atoms. The normalized spacial score (nSPS) is 13.4. The average Bonchev–Trinajstić information content (AvgIpc) is 3.32. The second-order valence-electron chi connectivity index (χ2n) is 6.90. The van der Waals surface area contributed by atoms with Crippen molar-refractivity contribution in [2.75, 3.05) is 16.2 Å². The number of fused-ring (bicyclic) bond motifs is 1. The summed E-state index contributed by atoms with van der Waals surface area (Å²) in [6.45, 7) is 4.15. The van der Waals surface area contributed by atoms with Crippen molar-refractivity contribution in [3.05, 3.63) is 77.2 Å². The van der Waals surface area contributed by atoms with Gasteiger partial charge < -0.3 is 9.32 Å². The molecule has 2 aromatic carbocycles. The molecule has 6 nitrogen and oxygen atoms in total. The minimum absolute atomic E-state index is 0.238. The molecule has 3 aromatic rings. The Morgan fingerprint density at radius 3 is 2.68 bits per heavy atom. The van der Waals surface area contributed by atoms with E-state index in [2.05, 4.69) is 4.72 Å². The van der Waals surface area contributed by atoms with E-state index >= 15 is 0 Å². The zero-order chi connectivity index (χ0) is 19.9. The highest BCUT2D eigenvalue weighted by Crippen LogP contribution is 2.33. The molecule has 1 aliphatic rings. The molecule has 4 rings (SSSR count). The van der Waals surface area contributed by atoms with E-state index in [1.807, 2.05) is 19.1 Å². The number of hydrogen-bond donors (Lipinski definition) is 1. The standard InChI is InChI=1S/C21H20N2O4S/c1-14-5-6-15(2)20(12-14)28(25,26)22-17-8-7-16-9-10-23(18(16)13-17)21(24)19-4-3-11-27-19/h3-8,11-13,22H,9-10H2,1-2H3. The number of carbonyl (C=O) groups excluding carboxylic acids is 1. The maximum absolute atomic E-state index is 12.9. The summed E-state index contributed by atoms with van der Waals surface area (Å²) in [4.78, 5) is 14.5. The minimum atomic E-state index is -3.74. The molecule has 144 valence electrons. The SMILES string of the molecule is Cc1ccc(C)c(S(=O)(=O)Nc2ccc3c(c2)N(C(=O)c2ccco2)CC3)c1. The summed E-state index contributed by atoms with van der Waals surface area (Å²) in [6.07, 6.45) is 2.17. The van der Waals surface area contributed by atoms with Crippen molar-refractivity contribution in [3.8, 4) is 0 Å². The van der Waals surface area contributed by atoms with Crippen LogP contribution in [-0.2, 0) is 16.4 Å². The van der Waals surface area contributed by atoms with Gasteiger partial charge in [0, 0.05) is 12.2 Å². The van der Waals surface area contributed by atoms with E-state index < -0.39 is 10.0 Å². The summed E-state index contributed by atoms with van der Waals surface area (Å²) < 4.78 is 33.6. The molecule has 0 atom stereocenters. The van der Waals surface area contributed by atoms with Gasteiger partial charge in [0.25, 0.3) is 15.9 Å². The average molecular weight is 396 g/mol. The Morgan fingerprint density at radius 2 is 1.93 bits per heavy atom. The molecular weight excluding hydrogens is 376 g/mol. The van der Waals surface area contributed by atoms with Crippen LogP contribution >= 0.6 is 0 Å². The molecule has 1 aromatic heterocycles. The summed E-state index contributed by atoms with van der Waals surface area (Å²) in [7, 11) is -3.74. The summed E-state index contributed by atoms with van der Waals surface area (Å²) in [5.74, 6) is 0.0208. The van der Waals surface area contributed by atoms with Crippen LogP contribution in [0.25, 0.3) is 0 Å².